The highest BCUT2D eigenvalue weighted by Crippen LogP contribution is 2.29. The van der Waals surface area contributed by atoms with E-state index >= 15 is 0 Å². The summed E-state index contributed by atoms with van der Waals surface area (Å²) < 4.78 is 0.798. The first-order valence-corrected chi connectivity index (χ1v) is 5.49. The van der Waals surface area contributed by atoms with Crippen molar-refractivity contribution in [1.29, 1.82) is 5.26 Å². The Hall–Kier alpha value is -0.520. The average molecular weight is 214 g/mol. The van der Waals surface area contributed by atoms with Crippen LogP contribution < -0.4 is 0 Å². The summed E-state index contributed by atoms with van der Waals surface area (Å²) in [4.78, 5) is 0. The first kappa shape index (κ1) is 10.6. The second-order valence-electron chi connectivity index (χ2n) is 3.46. The molecule has 1 unspecified atom stereocenters. The molecular weight excluding hydrogens is 202 g/mol. The topological polar surface area (TPSA) is 23.8 Å². The standard InChI is InChI=1S/C10H12ClNS/c1-3-10(2,7-12)5-8-4-9(11)13-6-8/h4,6H,3,5H2,1-2H3. The molecule has 0 N–H and O–H groups in total. The van der Waals surface area contributed by atoms with Gasteiger partial charge in [-0.15, -0.1) is 11.3 Å². The van der Waals surface area contributed by atoms with E-state index in [9.17, 15) is 0 Å². The Balaban J connectivity index is 2.74. The Bertz CT molecular complexity index is 326. The minimum atomic E-state index is -0.246. The van der Waals surface area contributed by atoms with Crippen LogP contribution in [-0.2, 0) is 6.42 Å². The zero-order valence-electron chi connectivity index (χ0n) is 7.80. The van der Waals surface area contributed by atoms with E-state index in [4.69, 9.17) is 16.9 Å². The largest absolute Gasteiger partial charge is 0.198 e. The summed E-state index contributed by atoms with van der Waals surface area (Å²) in [7, 11) is 0. The fourth-order valence-electron chi connectivity index (χ4n) is 1.13. The minimum Gasteiger partial charge on any atom is -0.198 e. The normalized spacial score (nSPS) is 14.9. The van der Waals surface area contributed by atoms with Gasteiger partial charge in [0.1, 0.15) is 0 Å². The van der Waals surface area contributed by atoms with Crippen LogP contribution in [0.1, 0.15) is 25.8 Å². The van der Waals surface area contributed by atoms with Crippen LogP contribution >= 0.6 is 22.9 Å². The maximum absolute atomic E-state index is 8.97. The monoisotopic (exact) mass is 213 g/mol. The van der Waals surface area contributed by atoms with Gasteiger partial charge in [0.15, 0.2) is 0 Å². The lowest BCUT2D eigenvalue weighted by molar-refractivity contribution is 0.423. The number of nitrogens with zero attached hydrogens (tertiary/aromatic N) is 1. The van der Waals surface area contributed by atoms with Crippen molar-refractivity contribution in [1.82, 2.24) is 0 Å². The lowest BCUT2D eigenvalue weighted by Crippen LogP contribution is -2.15. The van der Waals surface area contributed by atoms with Crippen molar-refractivity contribution in [3.8, 4) is 6.07 Å². The van der Waals surface area contributed by atoms with Gasteiger partial charge in [-0.3, -0.25) is 0 Å². The highest BCUT2D eigenvalue weighted by Gasteiger charge is 2.22. The van der Waals surface area contributed by atoms with Gasteiger partial charge in [0.2, 0.25) is 0 Å². The van der Waals surface area contributed by atoms with Crippen LogP contribution in [0.25, 0.3) is 0 Å². The van der Waals surface area contributed by atoms with Crippen LogP contribution in [0.3, 0.4) is 0 Å². The van der Waals surface area contributed by atoms with Crippen LogP contribution in [0.5, 0.6) is 0 Å². The number of hydrogen-bond donors (Lipinski definition) is 0. The minimum absolute atomic E-state index is 0.246. The molecule has 0 saturated carbocycles. The van der Waals surface area contributed by atoms with Gasteiger partial charge in [-0.25, -0.2) is 0 Å². The highest BCUT2D eigenvalue weighted by atomic mass is 35.5. The predicted octanol–water partition coefficient (Wildman–Crippen LogP) is 3.88. The highest BCUT2D eigenvalue weighted by molar-refractivity contribution is 7.14. The van der Waals surface area contributed by atoms with Crippen molar-refractivity contribution in [3.05, 3.63) is 21.3 Å². The summed E-state index contributed by atoms with van der Waals surface area (Å²) >= 11 is 7.33. The number of hydrogen-bond acceptors (Lipinski definition) is 2. The molecule has 0 amide bonds. The zero-order valence-corrected chi connectivity index (χ0v) is 9.37. The van der Waals surface area contributed by atoms with E-state index in [1.165, 1.54) is 16.9 Å². The smallest absolute Gasteiger partial charge is 0.0931 e. The number of rotatable bonds is 3. The summed E-state index contributed by atoms with van der Waals surface area (Å²) in [5.41, 5.74) is 0.922. The number of halogens is 1. The Labute approximate surface area is 88.0 Å². The van der Waals surface area contributed by atoms with Gasteiger partial charge >= 0.3 is 0 Å². The maximum atomic E-state index is 8.97. The predicted molar refractivity (Wildman–Crippen MR) is 57.0 cm³/mol. The van der Waals surface area contributed by atoms with Gasteiger partial charge < -0.3 is 0 Å². The molecule has 0 aliphatic rings. The molecule has 1 aromatic heterocycles. The van der Waals surface area contributed by atoms with Crippen molar-refractivity contribution in [2.75, 3.05) is 0 Å². The molecule has 0 radical (unpaired) electrons. The molecule has 13 heavy (non-hydrogen) atoms. The lowest BCUT2D eigenvalue weighted by atomic mass is 9.83. The first-order valence-electron chi connectivity index (χ1n) is 4.24. The third-order valence-electron chi connectivity index (χ3n) is 2.27. The van der Waals surface area contributed by atoms with E-state index in [0.717, 1.165) is 17.2 Å². The van der Waals surface area contributed by atoms with Gasteiger partial charge in [0, 0.05) is 0 Å². The molecule has 0 spiro atoms. The van der Waals surface area contributed by atoms with E-state index in [1.807, 2.05) is 25.3 Å². The lowest BCUT2D eigenvalue weighted by Gasteiger charge is -2.17. The van der Waals surface area contributed by atoms with Gasteiger partial charge in [0.25, 0.3) is 0 Å². The molecule has 1 atom stereocenters. The first-order chi connectivity index (χ1) is 6.09. The van der Waals surface area contributed by atoms with Crippen molar-refractivity contribution in [2.24, 2.45) is 5.41 Å². The SMILES string of the molecule is CCC(C)(C#N)Cc1csc(Cl)c1. The van der Waals surface area contributed by atoms with Gasteiger partial charge in [0.05, 0.1) is 15.8 Å². The summed E-state index contributed by atoms with van der Waals surface area (Å²) in [6.07, 6.45) is 1.67. The zero-order chi connectivity index (χ0) is 9.90. The summed E-state index contributed by atoms with van der Waals surface area (Å²) in [6, 6.07) is 4.29. The summed E-state index contributed by atoms with van der Waals surface area (Å²) in [6.45, 7) is 4.02. The summed E-state index contributed by atoms with van der Waals surface area (Å²) in [5, 5.41) is 11.0. The Morgan fingerprint density at radius 1 is 1.69 bits per heavy atom. The van der Waals surface area contributed by atoms with Crippen LogP contribution in [0.2, 0.25) is 4.34 Å². The molecule has 0 aliphatic carbocycles. The molecule has 0 aliphatic heterocycles. The third kappa shape index (κ3) is 2.72. The van der Waals surface area contributed by atoms with Crippen molar-refractivity contribution in [3.63, 3.8) is 0 Å². The molecule has 0 saturated heterocycles. The molecule has 1 heterocycles. The van der Waals surface area contributed by atoms with E-state index in [0.29, 0.717) is 0 Å². The van der Waals surface area contributed by atoms with Crippen molar-refractivity contribution < 1.29 is 0 Å². The number of nitriles is 1. The van der Waals surface area contributed by atoms with Crippen LogP contribution in [0, 0.1) is 16.7 Å². The van der Waals surface area contributed by atoms with Crippen LogP contribution in [-0.4, -0.2) is 0 Å². The Morgan fingerprint density at radius 3 is 2.77 bits per heavy atom. The fourth-order valence-corrected chi connectivity index (χ4v) is 2.04. The van der Waals surface area contributed by atoms with Gasteiger partial charge in [-0.05, 0) is 36.8 Å². The second-order valence-corrected chi connectivity index (χ2v) is 5.00. The van der Waals surface area contributed by atoms with Crippen molar-refractivity contribution >= 4 is 22.9 Å². The van der Waals surface area contributed by atoms with Crippen molar-refractivity contribution in [2.45, 2.75) is 26.7 Å². The molecule has 70 valence electrons. The van der Waals surface area contributed by atoms with E-state index < -0.39 is 0 Å². The van der Waals surface area contributed by atoms with Gasteiger partial charge in [-0.1, -0.05) is 18.5 Å². The molecule has 1 aromatic rings. The molecule has 1 nitrogen and oxygen atoms in total. The van der Waals surface area contributed by atoms with E-state index in [2.05, 4.69) is 6.07 Å². The maximum Gasteiger partial charge on any atom is 0.0931 e. The average Bonchev–Trinajstić information content (AvgIpc) is 2.51. The molecule has 3 heteroatoms. The van der Waals surface area contributed by atoms with E-state index in [1.54, 1.807) is 0 Å². The van der Waals surface area contributed by atoms with E-state index in [-0.39, 0.29) is 5.41 Å². The fraction of sp³-hybridized carbons (Fsp3) is 0.500. The molecule has 0 aromatic carbocycles. The Kier molecular flexibility index (Phi) is 3.35. The quantitative estimate of drug-likeness (QED) is 0.748. The van der Waals surface area contributed by atoms with Crippen LogP contribution in [0.15, 0.2) is 11.4 Å². The summed E-state index contributed by atoms with van der Waals surface area (Å²) in [5.74, 6) is 0. The Morgan fingerprint density at radius 2 is 2.38 bits per heavy atom. The third-order valence-corrected chi connectivity index (χ3v) is 3.41. The molecule has 0 bridgehead atoms. The molecule has 0 fully saturated rings. The van der Waals surface area contributed by atoms with Gasteiger partial charge in [-0.2, -0.15) is 5.26 Å². The second kappa shape index (κ2) is 4.13. The van der Waals surface area contributed by atoms with Crippen LogP contribution in [0.4, 0.5) is 0 Å². The molecular formula is C10H12ClNS. The molecule has 1 rings (SSSR count). The number of thiophene rings is 1.